The fourth-order valence-electron chi connectivity index (χ4n) is 3.66. The summed E-state index contributed by atoms with van der Waals surface area (Å²) in [6.45, 7) is 5.18. The number of nitrogens with one attached hydrogen (secondary N) is 1. The average molecular weight is 510 g/mol. The van der Waals surface area contributed by atoms with Gasteiger partial charge in [-0.3, -0.25) is 0 Å². The molecule has 2 heterocycles. The van der Waals surface area contributed by atoms with Crippen LogP contribution in [0.1, 0.15) is 32.3 Å². The number of rotatable bonds is 6. The monoisotopic (exact) mass is 509 g/mol. The first-order valence-corrected chi connectivity index (χ1v) is 12.6. The van der Waals surface area contributed by atoms with Crippen LogP contribution in [-0.2, 0) is 5.41 Å². The molecule has 163 valence electrons. The second kappa shape index (κ2) is 9.81. The number of nitriles is 1. The molecule has 0 amide bonds. The maximum absolute atomic E-state index is 8.84. The standard InChI is InChI=1S/C24H23AsClN4O2/c1-24(2)11-6-13-32-21-16(24)7-5-9-19(21)29-23-28-15-18(26)22(30-23)25-17-8-3-4-10-20(17)31-14-12-27/h3-5,7-10,15H,6,11,13-14H2,1-2H3,(H,28,29,30). The number of para-hydroxylation sites is 2. The van der Waals surface area contributed by atoms with Crippen molar-refractivity contribution in [2.45, 2.75) is 32.1 Å². The van der Waals surface area contributed by atoms with Crippen molar-refractivity contribution in [1.29, 1.82) is 5.26 Å². The Hall–Kier alpha value is -2.74. The second-order valence-electron chi connectivity index (χ2n) is 8.03. The Labute approximate surface area is 199 Å². The van der Waals surface area contributed by atoms with Crippen molar-refractivity contribution >= 4 is 47.8 Å². The van der Waals surface area contributed by atoms with Gasteiger partial charge in [0.25, 0.3) is 0 Å². The van der Waals surface area contributed by atoms with Crippen LogP contribution >= 0.6 is 11.6 Å². The number of ether oxygens (including phenoxy) is 2. The van der Waals surface area contributed by atoms with E-state index in [1.807, 2.05) is 42.5 Å². The van der Waals surface area contributed by atoms with Crippen LogP contribution < -0.4 is 23.6 Å². The molecular formula is C24H23AsClN4O2. The molecule has 0 spiro atoms. The molecule has 1 radical (unpaired) electrons. The van der Waals surface area contributed by atoms with Crippen LogP contribution in [0.25, 0.3) is 0 Å². The Morgan fingerprint density at radius 1 is 1.25 bits per heavy atom. The Morgan fingerprint density at radius 2 is 2.09 bits per heavy atom. The molecule has 0 fully saturated rings. The van der Waals surface area contributed by atoms with Gasteiger partial charge in [-0.05, 0) is 0 Å². The van der Waals surface area contributed by atoms with Gasteiger partial charge >= 0.3 is 200 Å². The van der Waals surface area contributed by atoms with Crippen LogP contribution in [-0.4, -0.2) is 38.9 Å². The maximum atomic E-state index is 8.84. The number of hydrogen-bond donors (Lipinski definition) is 1. The van der Waals surface area contributed by atoms with Gasteiger partial charge in [0.05, 0.1) is 0 Å². The summed E-state index contributed by atoms with van der Waals surface area (Å²) < 4.78 is 13.4. The number of fused-ring (bicyclic) bond motifs is 1. The summed E-state index contributed by atoms with van der Waals surface area (Å²) in [7, 11) is 0. The van der Waals surface area contributed by atoms with E-state index in [4.69, 9.17) is 31.3 Å². The van der Waals surface area contributed by atoms with Gasteiger partial charge in [-0.2, -0.15) is 0 Å². The zero-order valence-corrected chi connectivity index (χ0v) is 20.6. The molecule has 0 aliphatic carbocycles. The van der Waals surface area contributed by atoms with Crippen molar-refractivity contribution in [2.24, 2.45) is 0 Å². The zero-order valence-electron chi connectivity index (χ0n) is 17.9. The molecule has 0 saturated heterocycles. The van der Waals surface area contributed by atoms with Gasteiger partial charge in [-0.15, -0.1) is 0 Å². The minimum atomic E-state index is -0.568. The Kier molecular flexibility index (Phi) is 6.88. The van der Waals surface area contributed by atoms with Crippen LogP contribution in [0.3, 0.4) is 0 Å². The first-order chi connectivity index (χ1) is 15.5. The van der Waals surface area contributed by atoms with Crippen LogP contribution in [0.4, 0.5) is 11.6 Å². The number of nitrogens with zero attached hydrogens (tertiary/aromatic N) is 3. The molecule has 2 aromatic carbocycles. The molecule has 0 bridgehead atoms. The molecule has 0 atom stereocenters. The third-order valence-corrected chi connectivity index (χ3v) is 8.30. The summed E-state index contributed by atoms with van der Waals surface area (Å²) in [5.74, 6) is 2.01. The minimum absolute atomic E-state index is 0.00207. The topological polar surface area (TPSA) is 80.1 Å². The van der Waals surface area contributed by atoms with Crippen molar-refractivity contribution < 1.29 is 9.47 Å². The first kappa shape index (κ1) is 22.5. The van der Waals surface area contributed by atoms with E-state index >= 15 is 0 Å². The molecule has 32 heavy (non-hydrogen) atoms. The summed E-state index contributed by atoms with van der Waals surface area (Å²) in [5.41, 5.74) is 2.07. The van der Waals surface area contributed by atoms with Crippen molar-refractivity contribution in [1.82, 2.24) is 9.97 Å². The van der Waals surface area contributed by atoms with Crippen LogP contribution in [0, 0.1) is 11.3 Å². The van der Waals surface area contributed by atoms with E-state index in [-0.39, 0.29) is 12.0 Å². The number of anilines is 2. The molecule has 1 aromatic heterocycles. The summed E-state index contributed by atoms with van der Waals surface area (Å²) >= 11 is 5.87. The van der Waals surface area contributed by atoms with E-state index in [1.54, 1.807) is 6.20 Å². The van der Waals surface area contributed by atoms with Crippen molar-refractivity contribution in [3.63, 3.8) is 0 Å². The van der Waals surface area contributed by atoms with Crippen molar-refractivity contribution in [3.8, 4) is 17.6 Å². The quantitative estimate of drug-likeness (QED) is 0.508. The van der Waals surface area contributed by atoms with Crippen molar-refractivity contribution in [3.05, 3.63) is 59.2 Å². The van der Waals surface area contributed by atoms with Crippen LogP contribution in [0.2, 0.25) is 5.02 Å². The second-order valence-corrected chi connectivity index (χ2v) is 10.8. The molecular weight excluding hydrogens is 487 g/mol. The predicted octanol–water partition coefficient (Wildman–Crippen LogP) is 3.88. The number of hydrogen-bond acceptors (Lipinski definition) is 6. The summed E-state index contributed by atoms with van der Waals surface area (Å²) in [6.07, 6.45) is 3.70. The zero-order chi connectivity index (χ0) is 22.6. The third kappa shape index (κ3) is 5.01. The average Bonchev–Trinajstić information content (AvgIpc) is 2.94. The normalized spacial score (nSPS) is 14.8. The van der Waals surface area contributed by atoms with E-state index in [0.29, 0.717) is 23.3 Å². The first-order valence-electron chi connectivity index (χ1n) is 10.3. The Bertz CT molecular complexity index is 1160. The van der Waals surface area contributed by atoms with Crippen molar-refractivity contribution in [2.75, 3.05) is 18.5 Å². The Balaban J connectivity index is 1.62. The molecule has 0 saturated carbocycles. The Morgan fingerprint density at radius 3 is 2.94 bits per heavy atom. The molecule has 6 nitrogen and oxygen atoms in total. The van der Waals surface area contributed by atoms with E-state index in [9.17, 15) is 0 Å². The SMILES string of the molecule is CC1(C)CCCOc2c(Nc3ncc(Cl)c([As]c4ccccc4OCC#N)n3)cccc21. The van der Waals surface area contributed by atoms with Gasteiger partial charge in [0.2, 0.25) is 0 Å². The number of aromatic nitrogens is 2. The van der Waals surface area contributed by atoms with Crippen LogP contribution in [0.15, 0.2) is 48.7 Å². The fourth-order valence-corrected chi connectivity index (χ4v) is 5.96. The van der Waals surface area contributed by atoms with Gasteiger partial charge in [0.1, 0.15) is 0 Å². The molecule has 1 aliphatic heterocycles. The third-order valence-electron chi connectivity index (χ3n) is 5.29. The summed E-state index contributed by atoms with van der Waals surface area (Å²) in [5, 5.41) is 12.7. The van der Waals surface area contributed by atoms with E-state index in [1.165, 1.54) is 5.56 Å². The molecule has 4 rings (SSSR count). The van der Waals surface area contributed by atoms with Gasteiger partial charge in [-0.1, -0.05) is 0 Å². The summed E-state index contributed by atoms with van der Waals surface area (Å²) in [6, 6.07) is 15.8. The van der Waals surface area contributed by atoms with Gasteiger partial charge in [0.15, 0.2) is 0 Å². The molecule has 1 N–H and O–H groups in total. The molecule has 1 aliphatic rings. The molecule has 8 heteroatoms. The van der Waals surface area contributed by atoms with Gasteiger partial charge < -0.3 is 0 Å². The molecule has 0 unspecified atom stereocenters. The predicted molar refractivity (Wildman–Crippen MR) is 127 cm³/mol. The fraction of sp³-hybridized carbons (Fsp3) is 0.292. The molecule has 3 aromatic rings. The van der Waals surface area contributed by atoms with E-state index < -0.39 is 15.8 Å². The van der Waals surface area contributed by atoms with Gasteiger partial charge in [0, 0.05) is 0 Å². The number of halogens is 1. The van der Waals surface area contributed by atoms with Crippen LogP contribution in [0.5, 0.6) is 11.5 Å². The summed E-state index contributed by atoms with van der Waals surface area (Å²) in [4.78, 5) is 9.09. The number of benzene rings is 2. The van der Waals surface area contributed by atoms with E-state index in [2.05, 4.69) is 30.2 Å². The van der Waals surface area contributed by atoms with Gasteiger partial charge in [-0.25, -0.2) is 0 Å². The van der Waals surface area contributed by atoms with E-state index in [0.717, 1.165) is 33.1 Å².